The van der Waals surface area contributed by atoms with E-state index in [4.69, 9.17) is 4.74 Å². The van der Waals surface area contributed by atoms with Crippen LogP contribution in [0.15, 0.2) is 158 Å². The molecule has 0 saturated carbocycles. The molecule has 3 nitrogen and oxygen atoms in total. The Morgan fingerprint density at radius 2 is 1.02 bits per heavy atom. The first-order valence-electron chi connectivity index (χ1n) is 15.8. The first-order valence-corrected chi connectivity index (χ1v) is 15.8. The van der Waals surface area contributed by atoms with Crippen LogP contribution in [0, 0.1) is 0 Å². The Kier molecular flexibility index (Phi) is 5.34. The summed E-state index contributed by atoms with van der Waals surface area (Å²) in [5.41, 5.74) is 13.1. The van der Waals surface area contributed by atoms with Crippen LogP contribution in [0.3, 0.4) is 0 Å². The van der Waals surface area contributed by atoms with Crippen molar-refractivity contribution in [1.82, 2.24) is 9.13 Å². The van der Waals surface area contributed by atoms with Crippen molar-refractivity contribution in [1.29, 1.82) is 0 Å². The van der Waals surface area contributed by atoms with E-state index in [0.29, 0.717) is 6.61 Å². The van der Waals surface area contributed by atoms with Crippen LogP contribution in [0.5, 0.6) is 5.75 Å². The zero-order chi connectivity index (χ0) is 30.2. The molecule has 9 aromatic rings. The van der Waals surface area contributed by atoms with E-state index < -0.39 is 0 Å². The summed E-state index contributed by atoms with van der Waals surface area (Å²) >= 11 is 0. The van der Waals surface area contributed by atoms with Crippen LogP contribution in [0.25, 0.3) is 77.2 Å². The normalized spacial score (nSPS) is 12.4. The third-order valence-electron chi connectivity index (χ3n) is 9.61. The smallest absolute Gasteiger partial charge is 0.129 e. The zero-order valence-electron chi connectivity index (χ0n) is 25.0. The van der Waals surface area contributed by atoms with Gasteiger partial charge in [-0.15, -0.1) is 0 Å². The van der Waals surface area contributed by atoms with Gasteiger partial charge in [-0.05, 0) is 82.9 Å². The number of fused-ring (bicyclic) bond motifs is 9. The predicted octanol–water partition coefficient (Wildman–Crippen LogP) is 11.1. The van der Waals surface area contributed by atoms with E-state index in [-0.39, 0.29) is 0 Å². The number of nitrogens with zero attached hydrogens (tertiary/aromatic N) is 2. The summed E-state index contributed by atoms with van der Waals surface area (Å²) in [7, 11) is 0. The summed E-state index contributed by atoms with van der Waals surface area (Å²) in [6, 6.07) is 57.0. The number of ether oxygens (including phenoxy) is 1. The number of benzene rings is 7. The van der Waals surface area contributed by atoms with Crippen molar-refractivity contribution in [2.45, 2.75) is 6.61 Å². The first-order chi connectivity index (χ1) is 22.8. The number of hydrogen-bond acceptors (Lipinski definition) is 1. The Bertz CT molecular complexity index is 2640. The van der Waals surface area contributed by atoms with Gasteiger partial charge in [0.15, 0.2) is 0 Å². The molecule has 0 fully saturated rings. The molecule has 3 heterocycles. The van der Waals surface area contributed by atoms with Gasteiger partial charge in [0.2, 0.25) is 0 Å². The minimum absolute atomic E-state index is 0.595. The van der Waals surface area contributed by atoms with Gasteiger partial charge >= 0.3 is 0 Å². The molecular formula is C43H28N2O. The predicted molar refractivity (Wildman–Crippen MR) is 190 cm³/mol. The third kappa shape index (κ3) is 3.60. The van der Waals surface area contributed by atoms with E-state index in [1.54, 1.807) is 0 Å². The number of para-hydroxylation sites is 3. The zero-order valence-corrected chi connectivity index (χ0v) is 25.0. The highest BCUT2D eigenvalue weighted by Gasteiger charge is 2.23. The van der Waals surface area contributed by atoms with Gasteiger partial charge in [-0.1, -0.05) is 97.1 Å². The van der Waals surface area contributed by atoms with Crippen LogP contribution >= 0.6 is 0 Å². The average molecular weight is 589 g/mol. The number of hydrogen-bond donors (Lipinski definition) is 0. The lowest BCUT2D eigenvalue weighted by molar-refractivity contribution is 0.302. The van der Waals surface area contributed by atoms with Crippen LogP contribution in [0.4, 0.5) is 0 Å². The fraction of sp³-hybridized carbons (Fsp3) is 0.0233. The lowest BCUT2D eigenvalue weighted by Crippen LogP contribution is -2.08. The minimum atomic E-state index is 0.595. The fourth-order valence-electron chi connectivity index (χ4n) is 7.56. The third-order valence-corrected chi connectivity index (χ3v) is 9.61. The summed E-state index contributed by atoms with van der Waals surface area (Å²) in [6.45, 7) is 0.595. The van der Waals surface area contributed by atoms with Crippen molar-refractivity contribution in [2.75, 3.05) is 0 Å². The van der Waals surface area contributed by atoms with Crippen LogP contribution < -0.4 is 4.74 Å². The fourth-order valence-corrected chi connectivity index (χ4v) is 7.56. The van der Waals surface area contributed by atoms with Crippen molar-refractivity contribution in [3.8, 4) is 39.4 Å². The first kappa shape index (κ1) is 25.3. The molecule has 46 heavy (non-hydrogen) atoms. The Morgan fingerprint density at radius 3 is 1.76 bits per heavy atom. The molecule has 1 aliphatic rings. The molecule has 7 aromatic carbocycles. The molecule has 3 heteroatoms. The maximum absolute atomic E-state index is 6.27. The van der Waals surface area contributed by atoms with Gasteiger partial charge in [0.05, 0.1) is 27.8 Å². The molecule has 2 aromatic heterocycles. The highest BCUT2D eigenvalue weighted by molar-refractivity contribution is 6.13. The molecule has 0 amide bonds. The van der Waals surface area contributed by atoms with E-state index in [9.17, 15) is 0 Å². The highest BCUT2D eigenvalue weighted by atomic mass is 16.5. The van der Waals surface area contributed by atoms with Crippen molar-refractivity contribution in [3.05, 3.63) is 163 Å². The minimum Gasteiger partial charge on any atom is -0.488 e. The lowest BCUT2D eigenvalue weighted by atomic mass is 9.95. The van der Waals surface area contributed by atoms with Crippen LogP contribution in [0.1, 0.15) is 5.56 Å². The second-order valence-corrected chi connectivity index (χ2v) is 12.1. The summed E-state index contributed by atoms with van der Waals surface area (Å²) in [5.74, 6) is 0.932. The maximum atomic E-state index is 6.27. The molecule has 0 radical (unpaired) electrons. The number of aromatic nitrogens is 2. The van der Waals surface area contributed by atoms with Crippen molar-refractivity contribution >= 4 is 43.6 Å². The molecule has 0 N–H and O–H groups in total. The summed E-state index contributed by atoms with van der Waals surface area (Å²) in [5, 5.41) is 5.00. The maximum Gasteiger partial charge on any atom is 0.129 e. The van der Waals surface area contributed by atoms with Gasteiger partial charge in [-0.2, -0.15) is 0 Å². The molecule has 0 spiro atoms. The second-order valence-electron chi connectivity index (χ2n) is 12.1. The lowest BCUT2D eigenvalue weighted by Gasteiger charge is -2.24. The summed E-state index contributed by atoms with van der Waals surface area (Å²) in [6.07, 6.45) is 0. The Hall–Kier alpha value is -6.06. The van der Waals surface area contributed by atoms with Crippen molar-refractivity contribution < 1.29 is 4.74 Å². The average Bonchev–Trinajstić information content (AvgIpc) is 3.64. The quantitative estimate of drug-likeness (QED) is 0.201. The second kappa shape index (κ2) is 9.72. The summed E-state index contributed by atoms with van der Waals surface area (Å²) in [4.78, 5) is 0. The standard InChI is InChI=1S/C43H28N2O/c1-2-12-31(13-3-1)44-37-17-8-6-15-33(37)35-25-28(21-23-39(35)44)29-22-24-40-36(26-29)34-16-7-9-18-38(34)45(40)41-19-10-20-42-43(41)32-14-5-4-11-30(32)27-46-42/h1-26H,27H2. The Balaban J connectivity index is 1.19. The SMILES string of the molecule is c1ccc(-n2c3ccccc3c3cc(-c4ccc5c(c4)c4ccccc4n5-c4cccc5c4-c4ccccc4CO5)ccc32)cc1. The number of rotatable bonds is 3. The van der Waals surface area contributed by atoms with Crippen LogP contribution in [-0.2, 0) is 6.61 Å². The highest BCUT2D eigenvalue weighted by Crippen LogP contribution is 2.45. The van der Waals surface area contributed by atoms with Gasteiger partial charge in [-0.25, -0.2) is 0 Å². The molecule has 10 rings (SSSR count). The molecule has 0 aliphatic carbocycles. The molecule has 0 saturated heterocycles. The monoisotopic (exact) mass is 588 g/mol. The van der Waals surface area contributed by atoms with Gasteiger partial charge < -0.3 is 13.9 Å². The van der Waals surface area contributed by atoms with E-state index in [2.05, 4.69) is 167 Å². The molecule has 0 bridgehead atoms. The van der Waals surface area contributed by atoms with Gasteiger partial charge in [0.25, 0.3) is 0 Å². The molecule has 1 aliphatic heterocycles. The van der Waals surface area contributed by atoms with E-state index in [0.717, 1.165) is 17.0 Å². The van der Waals surface area contributed by atoms with Crippen LogP contribution in [0.2, 0.25) is 0 Å². The van der Waals surface area contributed by atoms with E-state index in [1.165, 1.54) is 71.6 Å². The van der Waals surface area contributed by atoms with Gasteiger partial charge in [0.1, 0.15) is 12.4 Å². The molecule has 0 unspecified atom stereocenters. The van der Waals surface area contributed by atoms with Crippen molar-refractivity contribution in [3.63, 3.8) is 0 Å². The molecule has 216 valence electrons. The van der Waals surface area contributed by atoms with Gasteiger partial charge in [0, 0.05) is 32.8 Å². The Labute approximate surface area is 266 Å². The topological polar surface area (TPSA) is 19.1 Å². The van der Waals surface area contributed by atoms with Crippen molar-refractivity contribution in [2.24, 2.45) is 0 Å². The van der Waals surface area contributed by atoms with Crippen LogP contribution in [-0.4, -0.2) is 9.13 Å². The molecule has 0 atom stereocenters. The summed E-state index contributed by atoms with van der Waals surface area (Å²) < 4.78 is 11.1. The molecular weight excluding hydrogens is 560 g/mol. The Morgan fingerprint density at radius 1 is 0.435 bits per heavy atom. The largest absolute Gasteiger partial charge is 0.488 e. The van der Waals surface area contributed by atoms with Gasteiger partial charge in [-0.3, -0.25) is 0 Å². The van der Waals surface area contributed by atoms with E-state index >= 15 is 0 Å². The van der Waals surface area contributed by atoms with E-state index in [1.807, 2.05) is 0 Å².